The number of carbonyl (C=O) groups is 1. The number of benzene rings is 2. The van der Waals surface area contributed by atoms with Crippen LogP contribution >= 0.6 is 0 Å². The van der Waals surface area contributed by atoms with Crippen LogP contribution in [-0.2, 0) is 5.41 Å². The third-order valence-electron chi connectivity index (χ3n) is 3.66. The molecule has 0 spiro atoms. The van der Waals surface area contributed by atoms with Crippen LogP contribution < -0.4 is 10.6 Å². The molecule has 3 heteroatoms. The second kappa shape index (κ2) is 6.65. The molecule has 0 fully saturated rings. The number of hydrogen-bond acceptors (Lipinski definition) is 1. The van der Waals surface area contributed by atoms with Crippen molar-refractivity contribution < 1.29 is 4.79 Å². The van der Waals surface area contributed by atoms with E-state index in [0.29, 0.717) is 0 Å². The first-order valence-corrected chi connectivity index (χ1v) is 7.59. The highest BCUT2D eigenvalue weighted by atomic mass is 16.2. The lowest BCUT2D eigenvalue weighted by molar-refractivity contribution is 0.249. The van der Waals surface area contributed by atoms with Gasteiger partial charge in [-0.25, -0.2) is 4.79 Å². The first-order chi connectivity index (χ1) is 10.4. The SMILES string of the molecule is CC(NC(=O)Nc1ccc(C(C)(C)C)cc1)c1ccccc1. The summed E-state index contributed by atoms with van der Waals surface area (Å²) in [7, 11) is 0. The molecule has 0 aliphatic rings. The summed E-state index contributed by atoms with van der Waals surface area (Å²) in [5.74, 6) is 0. The Bertz CT molecular complexity index is 612. The highest BCUT2D eigenvalue weighted by molar-refractivity contribution is 5.89. The van der Waals surface area contributed by atoms with E-state index >= 15 is 0 Å². The molecule has 3 nitrogen and oxygen atoms in total. The maximum atomic E-state index is 12.1. The summed E-state index contributed by atoms with van der Waals surface area (Å²) in [6, 6.07) is 17.7. The number of anilines is 1. The third kappa shape index (κ3) is 4.35. The number of rotatable bonds is 3. The van der Waals surface area contributed by atoms with Crippen LogP contribution in [0.5, 0.6) is 0 Å². The maximum Gasteiger partial charge on any atom is 0.319 e. The monoisotopic (exact) mass is 296 g/mol. The van der Waals surface area contributed by atoms with E-state index in [9.17, 15) is 4.79 Å². The van der Waals surface area contributed by atoms with Crippen LogP contribution in [0.25, 0.3) is 0 Å². The largest absolute Gasteiger partial charge is 0.331 e. The zero-order valence-corrected chi connectivity index (χ0v) is 13.7. The first-order valence-electron chi connectivity index (χ1n) is 7.59. The van der Waals surface area contributed by atoms with Gasteiger partial charge in [-0.15, -0.1) is 0 Å². The Hall–Kier alpha value is -2.29. The summed E-state index contributed by atoms with van der Waals surface area (Å²) in [4.78, 5) is 12.1. The summed E-state index contributed by atoms with van der Waals surface area (Å²) in [5.41, 5.74) is 3.24. The van der Waals surface area contributed by atoms with Crippen molar-refractivity contribution in [3.63, 3.8) is 0 Å². The Morgan fingerprint density at radius 3 is 2.09 bits per heavy atom. The molecule has 0 saturated heterocycles. The standard InChI is InChI=1S/C19H24N2O/c1-14(15-8-6-5-7-9-15)20-18(22)21-17-12-10-16(11-13-17)19(2,3)4/h5-14H,1-4H3,(H2,20,21,22). The van der Waals surface area contributed by atoms with Gasteiger partial charge < -0.3 is 10.6 Å². The van der Waals surface area contributed by atoms with Gasteiger partial charge in [-0.05, 0) is 35.6 Å². The van der Waals surface area contributed by atoms with Gasteiger partial charge in [-0.2, -0.15) is 0 Å². The summed E-state index contributed by atoms with van der Waals surface area (Å²) in [5, 5.41) is 5.81. The van der Waals surface area contributed by atoms with Crippen molar-refractivity contribution >= 4 is 11.7 Å². The third-order valence-corrected chi connectivity index (χ3v) is 3.66. The van der Waals surface area contributed by atoms with Crippen molar-refractivity contribution in [3.05, 3.63) is 65.7 Å². The van der Waals surface area contributed by atoms with Gasteiger partial charge in [-0.3, -0.25) is 0 Å². The van der Waals surface area contributed by atoms with Gasteiger partial charge in [0.25, 0.3) is 0 Å². The number of carbonyl (C=O) groups excluding carboxylic acids is 1. The molecular formula is C19H24N2O. The fraction of sp³-hybridized carbons (Fsp3) is 0.316. The van der Waals surface area contributed by atoms with Gasteiger partial charge in [0.15, 0.2) is 0 Å². The predicted molar refractivity (Wildman–Crippen MR) is 92.2 cm³/mol. The van der Waals surface area contributed by atoms with Gasteiger partial charge >= 0.3 is 6.03 Å². The minimum absolute atomic E-state index is 0.0324. The van der Waals surface area contributed by atoms with Crippen molar-refractivity contribution in [2.45, 2.75) is 39.2 Å². The molecule has 0 heterocycles. The Labute approximate surface area is 132 Å². The molecule has 2 aromatic carbocycles. The Morgan fingerprint density at radius 1 is 0.955 bits per heavy atom. The second-order valence-electron chi connectivity index (χ2n) is 6.56. The van der Waals surface area contributed by atoms with Gasteiger partial charge in [0.1, 0.15) is 0 Å². The zero-order chi connectivity index (χ0) is 16.2. The Kier molecular flexibility index (Phi) is 4.86. The summed E-state index contributed by atoms with van der Waals surface area (Å²) in [6.45, 7) is 8.48. The van der Waals surface area contributed by atoms with E-state index in [2.05, 4.69) is 43.5 Å². The molecule has 0 radical (unpaired) electrons. The Balaban J connectivity index is 1.95. The van der Waals surface area contributed by atoms with E-state index in [1.165, 1.54) is 5.56 Å². The molecular weight excluding hydrogens is 272 g/mol. The predicted octanol–water partition coefficient (Wildman–Crippen LogP) is 4.87. The van der Waals surface area contributed by atoms with E-state index < -0.39 is 0 Å². The smallest absolute Gasteiger partial charge is 0.319 e. The molecule has 0 saturated carbocycles. The number of amides is 2. The molecule has 1 unspecified atom stereocenters. The maximum absolute atomic E-state index is 12.1. The highest BCUT2D eigenvalue weighted by Gasteiger charge is 2.13. The molecule has 0 aliphatic carbocycles. The molecule has 2 aromatic rings. The molecule has 22 heavy (non-hydrogen) atoms. The minimum atomic E-state index is -0.195. The van der Waals surface area contributed by atoms with Crippen LogP contribution in [-0.4, -0.2) is 6.03 Å². The summed E-state index contributed by atoms with van der Waals surface area (Å²) >= 11 is 0. The van der Waals surface area contributed by atoms with Crippen molar-refractivity contribution in [1.82, 2.24) is 5.32 Å². The van der Waals surface area contributed by atoms with E-state index in [4.69, 9.17) is 0 Å². The fourth-order valence-electron chi connectivity index (χ4n) is 2.24. The zero-order valence-electron chi connectivity index (χ0n) is 13.7. The summed E-state index contributed by atoms with van der Waals surface area (Å²) in [6.07, 6.45) is 0. The van der Waals surface area contributed by atoms with Crippen LogP contribution in [0, 0.1) is 0 Å². The highest BCUT2D eigenvalue weighted by Crippen LogP contribution is 2.23. The topological polar surface area (TPSA) is 41.1 Å². The van der Waals surface area contributed by atoms with Crippen LogP contribution in [0.2, 0.25) is 0 Å². The van der Waals surface area contributed by atoms with Gasteiger partial charge in [0.05, 0.1) is 6.04 Å². The van der Waals surface area contributed by atoms with Gasteiger partial charge in [0, 0.05) is 5.69 Å². The molecule has 2 N–H and O–H groups in total. The van der Waals surface area contributed by atoms with Crippen LogP contribution in [0.15, 0.2) is 54.6 Å². The lowest BCUT2D eigenvalue weighted by atomic mass is 9.87. The molecule has 2 rings (SSSR count). The first kappa shape index (κ1) is 16.1. The quantitative estimate of drug-likeness (QED) is 0.833. The van der Waals surface area contributed by atoms with Crippen LogP contribution in [0.4, 0.5) is 10.5 Å². The molecule has 1 atom stereocenters. The second-order valence-corrected chi connectivity index (χ2v) is 6.56. The van der Waals surface area contributed by atoms with E-state index in [-0.39, 0.29) is 17.5 Å². The molecule has 0 aromatic heterocycles. The van der Waals surface area contributed by atoms with Crippen LogP contribution in [0.1, 0.15) is 44.9 Å². The number of urea groups is 1. The summed E-state index contributed by atoms with van der Waals surface area (Å²) < 4.78 is 0. The van der Waals surface area contributed by atoms with Crippen molar-refractivity contribution in [2.75, 3.05) is 5.32 Å². The Morgan fingerprint density at radius 2 is 1.55 bits per heavy atom. The normalized spacial score (nSPS) is 12.5. The average molecular weight is 296 g/mol. The van der Waals surface area contributed by atoms with E-state index in [0.717, 1.165) is 11.3 Å². The van der Waals surface area contributed by atoms with Gasteiger partial charge in [0.2, 0.25) is 0 Å². The average Bonchev–Trinajstić information content (AvgIpc) is 2.47. The van der Waals surface area contributed by atoms with Crippen LogP contribution in [0.3, 0.4) is 0 Å². The number of hydrogen-bond donors (Lipinski definition) is 2. The van der Waals surface area contributed by atoms with Crippen molar-refractivity contribution in [1.29, 1.82) is 0 Å². The van der Waals surface area contributed by atoms with E-state index in [1.807, 2.05) is 49.4 Å². The minimum Gasteiger partial charge on any atom is -0.331 e. The van der Waals surface area contributed by atoms with Crippen molar-refractivity contribution in [3.8, 4) is 0 Å². The van der Waals surface area contributed by atoms with Crippen molar-refractivity contribution in [2.24, 2.45) is 0 Å². The molecule has 116 valence electrons. The molecule has 0 aliphatic heterocycles. The lowest BCUT2D eigenvalue weighted by Gasteiger charge is -2.19. The molecule has 2 amide bonds. The van der Waals surface area contributed by atoms with Gasteiger partial charge in [-0.1, -0.05) is 63.2 Å². The molecule has 0 bridgehead atoms. The fourth-order valence-corrected chi connectivity index (χ4v) is 2.24. The number of nitrogens with one attached hydrogen (secondary N) is 2. The van der Waals surface area contributed by atoms with E-state index in [1.54, 1.807) is 0 Å². The lowest BCUT2D eigenvalue weighted by Crippen LogP contribution is -2.31.